The normalized spacial score (nSPS) is 19.3. The van der Waals surface area contributed by atoms with Crippen molar-refractivity contribution in [3.63, 3.8) is 0 Å². The van der Waals surface area contributed by atoms with E-state index in [0.29, 0.717) is 34.8 Å². The lowest BCUT2D eigenvalue weighted by Crippen LogP contribution is -2.32. The topological polar surface area (TPSA) is 60.9 Å². The number of rotatable bonds is 6. The molecule has 2 aromatic rings. The van der Waals surface area contributed by atoms with Crippen molar-refractivity contribution < 1.29 is 13.5 Å². The van der Waals surface area contributed by atoms with Crippen LogP contribution in [0, 0.1) is 12.8 Å². The minimum atomic E-state index is -3.48. The van der Waals surface area contributed by atoms with E-state index < -0.39 is 10.0 Å². The number of benzene rings is 1. The molecule has 1 saturated heterocycles. The summed E-state index contributed by atoms with van der Waals surface area (Å²) in [6.45, 7) is 4.47. The molecule has 1 fully saturated rings. The van der Waals surface area contributed by atoms with Crippen LogP contribution in [0.2, 0.25) is 5.02 Å². The van der Waals surface area contributed by atoms with Crippen molar-refractivity contribution in [1.82, 2.24) is 9.21 Å². The number of aliphatic hydroxyl groups excluding tert-OH is 1. The first kappa shape index (κ1) is 19.1. The first-order valence-corrected chi connectivity index (χ1v) is 10.9. The van der Waals surface area contributed by atoms with Crippen molar-refractivity contribution in [2.24, 2.45) is 5.92 Å². The van der Waals surface area contributed by atoms with E-state index in [4.69, 9.17) is 16.7 Å². The molecule has 1 atom stereocenters. The molecule has 0 radical (unpaired) electrons. The predicted molar refractivity (Wildman–Crippen MR) is 103 cm³/mol. The van der Waals surface area contributed by atoms with Crippen LogP contribution in [0.3, 0.4) is 0 Å². The van der Waals surface area contributed by atoms with Gasteiger partial charge in [-0.1, -0.05) is 11.6 Å². The van der Waals surface area contributed by atoms with Crippen LogP contribution in [0.1, 0.15) is 12.0 Å². The molecule has 138 valence electrons. The molecule has 1 aliphatic rings. The maximum Gasteiger partial charge on any atom is 0.252 e. The average Bonchev–Trinajstić information content (AvgIpc) is 3.14. The van der Waals surface area contributed by atoms with Gasteiger partial charge in [-0.3, -0.25) is 0 Å². The van der Waals surface area contributed by atoms with Crippen LogP contribution in [0.5, 0.6) is 0 Å². The number of likely N-dealkylation sites (N-methyl/N-ethyl adjacent to an activating group) is 1. The fourth-order valence-corrected chi connectivity index (χ4v) is 6.99. The van der Waals surface area contributed by atoms with Gasteiger partial charge in [0.25, 0.3) is 10.0 Å². The number of aliphatic hydroxyl groups is 1. The molecule has 1 aliphatic heterocycles. The fourth-order valence-electron chi connectivity index (χ4n) is 3.40. The second-order valence-electron chi connectivity index (χ2n) is 6.66. The van der Waals surface area contributed by atoms with Gasteiger partial charge in [-0.05, 0) is 55.5 Å². The summed E-state index contributed by atoms with van der Waals surface area (Å²) >= 11 is 7.37. The molecule has 0 aliphatic carbocycles. The average molecular weight is 403 g/mol. The minimum Gasteiger partial charge on any atom is -0.395 e. The van der Waals surface area contributed by atoms with Crippen molar-refractivity contribution in [3.8, 4) is 0 Å². The van der Waals surface area contributed by atoms with E-state index in [-0.39, 0.29) is 6.61 Å². The van der Waals surface area contributed by atoms with E-state index in [9.17, 15) is 8.42 Å². The van der Waals surface area contributed by atoms with Crippen molar-refractivity contribution in [1.29, 1.82) is 0 Å². The monoisotopic (exact) mass is 402 g/mol. The van der Waals surface area contributed by atoms with E-state index in [1.807, 2.05) is 31.0 Å². The molecule has 0 bridgehead atoms. The number of fused-ring (bicyclic) bond motifs is 1. The second kappa shape index (κ2) is 7.50. The Kier molecular flexibility index (Phi) is 5.72. The summed E-state index contributed by atoms with van der Waals surface area (Å²) in [7, 11) is -1.53. The van der Waals surface area contributed by atoms with Gasteiger partial charge < -0.3 is 10.0 Å². The molecule has 1 aromatic heterocycles. The third-order valence-electron chi connectivity index (χ3n) is 4.73. The zero-order chi connectivity index (χ0) is 18.2. The fraction of sp³-hybridized carbons (Fsp3) is 0.529. The molecule has 8 heteroatoms. The van der Waals surface area contributed by atoms with E-state index >= 15 is 0 Å². The highest BCUT2D eigenvalue weighted by atomic mass is 35.5. The van der Waals surface area contributed by atoms with Gasteiger partial charge in [0.05, 0.1) is 6.61 Å². The van der Waals surface area contributed by atoms with Crippen molar-refractivity contribution in [3.05, 3.63) is 28.8 Å². The summed E-state index contributed by atoms with van der Waals surface area (Å²) in [6, 6.07) is 5.50. The minimum absolute atomic E-state index is 0.120. The molecular weight excluding hydrogens is 380 g/mol. The van der Waals surface area contributed by atoms with Crippen LogP contribution in [0.25, 0.3) is 10.1 Å². The number of sulfonamides is 1. The number of hydrogen-bond donors (Lipinski definition) is 1. The largest absolute Gasteiger partial charge is 0.395 e. The number of halogens is 1. The molecule has 3 rings (SSSR count). The Morgan fingerprint density at radius 3 is 2.92 bits per heavy atom. The van der Waals surface area contributed by atoms with Crippen LogP contribution < -0.4 is 0 Å². The summed E-state index contributed by atoms with van der Waals surface area (Å²) in [6.07, 6.45) is 0.852. The number of nitrogens with zero attached hydrogens (tertiary/aromatic N) is 2. The van der Waals surface area contributed by atoms with E-state index in [2.05, 4.69) is 0 Å². The molecule has 5 nitrogen and oxygen atoms in total. The van der Waals surface area contributed by atoms with Gasteiger partial charge in [0.1, 0.15) is 4.21 Å². The summed E-state index contributed by atoms with van der Waals surface area (Å²) < 4.78 is 29.2. The molecule has 1 N–H and O–H groups in total. The number of aryl methyl sites for hydroxylation is 1. The molecular formula is C17H23ClN2O3S2. The Balaban J connectivity index is 1.82. The molecule has 0 saturated carbocycles. The molecule has 1 aromatic carbocycles. The summed E-state index contributed by atoms with van der Waals surface area (Å²) in [4.78, 5) is 2.05. The van der Waals surface area contributed by atoms with Gasteiger partial charge in [0.2, 0.25) is 0 Å². The highest BCUT2D eigenvalue weighted by molar-refractivity contribution is 7.91. The second-order valence-corrected chi connectivity index (χ2v) is 10.3. The van der Waals surface area contributed by atoms with E-state index in [1.165, 1.54) is 11.3 Å². The lowest BCUT2D eigenvalue weighted by molar-refractivity contribution is 0.204. The van der Waals surface area contributed by atoms with Gasteiger partial charge in [0.15, 0.2) is 0 Å². The Labute approximate surface area is 157 Å². The van der Waals surface area contributed by atoms with Crippen LogP contribution >= 0.6 is 22.9 Å². The van der Waals surface area contributed by atoms with Gasteiger partial charge in [-0.25, -0.2) is 8.42 Å². The summed E-state index contributed by atoms with van der Waals surface area (Å²) in [5, 5.41) is 10.5. The Morgan fingerprint density at radius 2 is 2.20 bits per heavy atom. The number of hydrogen-bond acceptors (Lipinski definition) is 5. The Bertz CT molecular complexity index is 866. The number of thiophene rings is 1. The van der Waals surface area contributed by atoms with E-state index in [0.717, 1.165) is 28.6 Å². The maximum absolute atomic E-state index is 13.1. The van der Waals surface area contributed by atoms with Crippen molar-refractivity contribution in [2.45, 2.75) is 17.6 Å². The summed E-state index contributed by atoms with van der Waals surface area (Å²) in [5.41, 5.74) is 0.781. The first-order chi connectivity index (χ1) is 11.8. The van der Waals surface area contributed by atoms with Gasteiger partial charge >= 0.3 is 0 Å². The van der Waals surface area contributed by atoms with Gasteiger partial charge in [0, 0.05) is 35.9 Å². The highest BCUT2D eigenvalue weighted by Gasteiger charge is 2.35. The van der Waals surface area contributed by atoms with Crippen LogP contribution in [-0.2, 0) is 10.0 Å². The zero-order valence-corrected chi connectivity index (χ0v) is 16.8. The lowest BCUT2D eigenvalue weighted by atomic mass is 10.1. The predicted octanol–water partition coefficient (Wildman–Crippen LogP) is 2.80. The maximum atomic E-state index is 13.1. The third kappa shape index (κ3) is 3.86. The van der Waals surface area contributed by atoms with Gasteiger partial charge in [-0.2, -0.15) is 4.31 Å². The zero-order valence-electron chi connectivity index (χ0n) is 14.4. The first-order valence-electron chi connectivity index (χ1n) is 8.31. The lowest BCUT2D eigenvalue weighted by Gasteiger charge is -2.20. The van der Waals surface area contributed by atoms with Crippen LogP contribution in [0.4, 0.5) is 0 Å². The standard InChI is InChI=1S/C17H23ClN2O3S2/c1-12-15-9-14(18)3-4-16(15)24-17(12)25(22,23)20-6-5-13(11-20)10-19(2)7-8-21/h3-4,9,13,21H,5-8,10-11H2,1-2H3/t13-/m0/s1. The molecule has 0 spiro atoms. The van der Waals surface area contributed by atoms with Crippen molar-refractivity contribution in [2.75, 3.05) is 39.8 Å². The van der Waals surface area contributed by atoms with Crippen LogP contribution in [-0.4, -0.2) is 62.6 Å². The van der Waals surface area contributed by atoms with Crippen LogP contribution in [0.15, 0.2) is 22.4 Å². The Morgan fingerprint density at radius 1 is 1.44 bits per heavy atom. The van der Waals surface area contributed by atoms with E-state index in [1.54, 1.807) is 10.4 Å². The Hall–Kier alpha value is -0.700. The highest BCUT2D eigenvalue weighted by Crippen LogP contribution is 2.38. The van der Waals surface area contributed by atoms with Crippen molar-refractivity contribution >= 4 is 43.0 Å². The summed E-state index contributed by atoms with van der Waals surface area (Å²) in [5.74, 6) is 0.301. The third-order valence-corrected chi connectivity index (χ3v) is 8.70. The molecule has 2 heterocycles. The molecule has 25 heavy (non-hydrogen) atoms. The van der Waals surface area contributed by atoms with Gasteiger partial charge in [-0.15, -0.1) is 11.3 Å². The smallest absolute Gasteiger partial charge is 0.252 e. The SMILES string of the molecule is Cc1c(S(=O)(=O)N2CC[C@@H](CN(C)CCO)C2)sc2ccc(Cl)cc12. The molecule has 0 unspecified atom stereocenters. The quantitative estimate of drug-likeness (QED) is 0.807. The molecule has 0 amide bonds.